The molecule has 0 saturated heterocycles. The Kier molecular flexibility index (Phi) is 6.69. The van der Waals surface area contributed by atoms with E-state index in [-0.39, 0.29) is 28.1 Å². The van der Waals surface area contributed by atoms with Crippen LogP contribution in [0, 0.1) is 6.92 Å². The van der Waals surface area contributed by atoms with Gasteiger partial charge in [0.05, 0.1) is 31.6 Å². The Hall–Kier alpha value is -4.40. The van der Waals surface area contributed by atoms with Gasteiger partial charge in [0.25, 0.3) is 11.8 Å². The van der Waals surface area contributed by atoms with Crippen molar-refractivity contribution >= 4 is 35.1 Å². The van der Waals surface area contributed by atoms with Crippen molar-refractivity contribution in [3.63, 3.8) is 0 Å². The quantitative estimate of drug-likeness (QED) is 0.565. The van der Waals surface area contributed by atoms with Crippen molar-refractivity contribution in [1.29, 1.82) is 0 Å². The van der Waals surface area contributed by atoms with Crippen LogP contribution in [0.25, 0.3) is 0 Å². The lowest BCUT2D eigenvalue weighted by atomic mass is 10.1. The largest absolute Gasteiger partial charge is 0.465 e. The third kappa shape index (κ3) is 5.01. The number of furan rings is 1. The van der Waals surface area contributed by atoms with Crippen molar-refractivity contribution in [3.8, 4) is 0 Å². The maximum Gasteiger partial charge on any atom is 0.337 e. The molecule has 0 fully saturated rings. The van der Waals surface area contributed by atoms with E-state index in [0.717, 1.165) is 5.56 Å². The fourth-order valence-electron chi connectivity index (χ4n) is 2.86. The summed E-state index contributed by atoms with van der Waals surface area (Å²) in [6.45, 7) is 1.78. The Balaban J connectivity index is 1.86. The molecule has 0 radical (unpaired) electrons. The van der Waals surface area contributed by atoms with Gasteiger partial charge in [0, 0.05) is 16.9 Å². The molecule has 0 aliphatic heterocycles. The molecule has 0 saturated carbocycles. The Bertz CT molecular complexity index is 1150. The van der Waals surface area contributed by atoms with E-state index >= 15 is 0 Å². The van der Waals surface area contributed by atoms with Gasteiger partial charge in [-0.1, -0.05) is 6.07 Å². The minimum absolute atomic E-state index is 0.0704. The zero-order chi connectivity index (χ0) is 23.3. The molecule has 3 rings (SSSR count). The lowest BCUT2D eigenvalue weighted by molar-refractivity contribution is 0.0598. The Morgan fingerprint density at radius 3 is 2.00 bits per heavy atom. The number of esters is 2. The van der Waals surface area contributed by atoms with Crippen LogP contribution in [0.2, 0.25) is 0 Å². The number of anilines is 2. The minimum Gasteiger partial charge on any atom is -0.465 e. The third-order valence-corrected chi connectivity index (χ3v) is 4.53. The molecule has 3 aromatic rings. The fourth-order valence-corrected chi connectivity index (χ4v) is 2.86. The van der Waals surface area contributed by atoms with Crippen molar-refractivity contribution in [2.24, 2.45) is 0 Å². The van der Waals surface area contributed by atoms with Gasteiger partial charge < -0.3 is 24.5 Å². The molecule has 0 atom stereocenters. The first-order valence-corrected chi connectivity index (χ1v) is 9.41. The van der Waals surface area contributed by atoms with Crippen LogP contribution in [0.3, 0.4) is 0 Å². The van der Waals surface area contributed by atoms with Crippen LogP contribution in [0.15, 0.2) is 59.2 Å². The second kappa shape index (κ2) is 9.61. The first kappa shape index (κ1) is 22.3. The first-order chi connectivity index (χ1) is 15.3. The van der Waals surface area contributed by atoms with Crippen LogP contribution in [0.5, 0.6) is 0 Å². The van der Waals surface area contributed by atoms with E-state index in [0.29, 0.717) is 5.69 Å². The molecular weight excluding hydrogens is 416 g/mol. The molecule has 1 heterocycles. The Morgan fingerprint density at radius 2 is 1.44 bits per heavy atom. The summed E-state index contributed by atoms with van der Waals surface area (Å²) in [4.78, 5) is 48.9. The van der Waals surface area contributed by atoms with E-state index in [1.807, 2.05) is 0 Å². The van der Waals surface area contributed by atoms with Gasteiger partial charge in [-0.2, -0.15) is 0 Å². The van der Waals surface area contributed by atoms with Gasteiger partial charge in [0.2, 0.25) is 0 Å². The highest BCUT2D eigenvalue weighted by atomic mass is 16.5. The molecule has 9 nitrogen and oxygen atoms in total. The lowest BCUT2D eigenvalue weighted by Crippen LogP contribution is -2.16. The topological polar surface area (TPSA) is 124 Å². The standard InChI is InChI=1S/C23H20N2O7/c1-13-6-7-14(12-18(13)25-21(27)19-5-4-8-32-19)20(26)24-17-10-15(22(28)30-2)9-16(11-17)23(29)31-3/h4-12H,1-3H3,(H,24,26)(H,25,27). The Morgan fingerprint density at radius 1 is 0.781 bits per heavy atom. The SMILES string of the molecule is COC(=O)c1cc(NC(=O)c2ccc(C)c(NC(=O)c3ccco3)c2)cc(C(=O)OC)c1. The number of hydrogen-bond acceptors (Lipinski definition) is 7. The second-order valence-electron chi connectivity index (χ2n) is 6.70. The number of carbonyl (C=O) groups is 4. The van der Waals surface area contributed by atoms with Gasteiger partial charge in [0.15, 0.2) is 5.76 Å². The van der Waals surface area contributed by atoms with Gasteiger partial charge in [0.1, 0.15) is 0 Å². The van der Waals surface area contributed by atoms with Crippen molar-refractivity contribution in [2.75, 3.05) is 24.9 Å². The van der Waals surface area contributed by atoms with E-state index in [1.54, 1.807) is 25.1 Å². The number of nitrogens with one attached hydrogen (secondary N) is 2. The zero-order valence-electron chi connectivity index (χ0n) is 17.6. The molecule has 9 heteroatoms. The molecular formula is C23H20N2O7. The summed E-state index contributed by atoms with van der Waals surface area (Å²) in [7, 11) is 2.41. The number of hydrogen-bond donors (Lipinski definition) is 2. The van der Waals surface area contributed by atoms with Crippen molar-refractivity contribution in [2.45, 2.75) is 6.92 Å². The Labute approximate surface area is 183 Å². The van der Waals surface area contributed by atoms with Gasteiger partial charge >= 0.3 is 11.9 Å². The molecule has 2 aromatic carbocycles. The molecule has 0 spiro atoms. The molecule has 0 aliphatic rings. The molecule has 2 N–H and O–H groups in total. The number of aryl methyl sites for hydroxylation is 1. The van der Waals surface area contributed by atoms with E-state index in [9.17, 15) is 19.2 Å². The fraction of sp³-hybridized carbons (Fsp3) is 0.130. The molecule has 164 valence electrons. The average Bonchev–Trinajstić information content (AvgIpc) is 3.34. The van der Waals surface area contributed by atoms with E-state index in [2.05, 4.69) is 10.6 Å². The van der Waals surface area contributed by atoms with E-state index in [4.69, 9.17) is 13.9 Å². The van der Waals surface area contributed by atoms with Gasteiger partial charge in [-0.25, -0.2) is 9.59 Å². The molecule has 2 amide bonds. The van der Waals surface area contributed by atoms with Crippen molar-refractivity contribution in [1.82, 2.24) is 0 Å². The van der Waals surface area contributed by atoms with E-state index < -0.39 is 23.8 Å². The summed E-state index contributed by atoms with van der Waals surface area (Å²) in [5, 5.41) is 5.34. The van der Waals surface area contributed by atoms with Crippen molar-refractivity contribution < 1.29 is 33.1 Å². The second-order valence-corrected chi connectivity index (χ2v) is 6.70. The summed E-state index contributed by atoms with van der Waals surface area (Å²) < 4.78 is 14.5. The zero-order valence-corrected chi connectivity index (χ0v) is 17.6. The maximum absolute atomic E-state index is 12.8. The normalized spacial score (nSPS) is 10.2. The highest BCUT2D eigenvalue weighted by Crippen LogP contribution is 2.21. The predicted molar refractivity (Wildman–Crippen MR) is 115 cm³/mol. The highest BCUT2D eigenvalue weighted by Gasteiger charge is 2.17. The number of ether oxygens (including phenoxy) is 2. The molecule has 0 aliphatic carbocycles. The molecule has 0 unspecified atom stereocenters. The average molecular weight is 436 g/mol. The van der Waals surface area contributed by atoms with Crippen LogP contribution in [-0.4, -0.2) is 38.0 Å². The number of methoxy groups -OCH3 is 2. The number of benzene rings is 2. The first-order valence-electron chi connectivity index (χ1n) is 9.41. The van der Waals surface area contributed by atoms with Gasteiger partial charge in [-0.05, 0) is 55.0 Å². The third-order valence-electron chi connectivity index (χ3n) is 4.53. The highest BCUT2D eigenvalue weighted by molar-refractivity contribution is 6.08. The van der Waals surface area contributed by atoms with Crippen LogP contribution in [0.4, 0.5) is 11.4 Å². The number of carbonyl (C=O) groups excluding carboxylic acids is 4. The summed E-state index contributed by atoms with van der Waals surface area (Å²) in [6.07, 6.45) is 1.39. The van der Waals surface area contributed by atoms with Crippen LogP contribution < -0.4 is 10.6 Å². The van der Waals surface area contributed by atoms with Crippen molar-refractivity contribution in [3.05, 3.63) is 82.8 Å². The molecule has 0 bridgehead atoms. The lowest BCUT2D eigenvalue weighted by Gasteiger charge is -2.12. The monoisotopic (exact) mass is 436 g/mol. The minimum atomic E-state index is -0.676. The van der Waals surface area contributed by atoms with Crippen LogP contribution in [-0.2, 0) is 9.47 Å². The smallest absolute Gasteiger partial charge is 0.337 e. The summed E-state index contributed by atoms with van der Waals surface area (Å²) in [5.41, 5.74) is 1.75. The van der Waals surface area contributed by atoms with E-state index in [1.165, 1.54) is 50.8 Å². The molecule has 32 heavy (non-hydrogen) atoms. The van der Waals surface area contributed by atoms with Crippen LogP contribution >= 0.6 is 0 Å². The van der Waals surface area contributed by atoms with Gasteiger partial charge in [-0.15, -0.1) is 0 Å². The maximum atomic E-state index is 12.8. The molecule has 1 aromatic heterocycles. The summed E-state index contributed by atoms with van der Waals surface area (Å²) in [5.74, 6) is -2.19. The number of amides is 2. The van der Waals surface area contributed by atoms with Crippen LogP contribution in [0.1, 0.15) is 47.2 Å². The predicted octanol–water partition coefficient (Wildman–Crippen LogP) is 3.67. The number of rotatable bonds is 6. The summed E-state index contributed by atoms with van der Waals surface area (Å²) >= 11 is 0. The summed E-state index contributed by atoms with van der Waals surface area (Å²) in [6, 6.07) is 12.0. The van der Waals surface area contributed by atoms with Gasteiger partial charge in [-0.3, -0.25) is 9.59 Å².